The molecule has 4 nitrogen and oxygen atoms in total. The van der Waals surface area contributed by atoms with Crippen LogP contribution in [0.1, 0.15) is 11.1 Å². The van der Waals surface area contributed by atoms with E-state index in [-0.39, 0.29) is 11.7 Å². The zero-order valence-corrected chi connectivity index (χ0v) is 12.7. The maximum atomic E-state index is 12.0. The number of aryl methyl sites for hydroxylation is 1. The second-order valence-corrected chi connectivity index (χ2v) is 5.94. The molecule has 0 aromatic heterocycles. The Hall–Kier alpha value is -2.53. The third-order valence-corrected chi connectivity index (χ3v) is 4.00. The van der Waals surface area contributed by atoms with Crippen LogP contribution < -0.4 is 5.32 Å². The molecule has 2 N–H and O–H groups in total. The van der Waals surface area contributed by atoms with Crippen molar-refractivity contribution in [2.45, 2.75) is 6.92 Å². The number of hydrogen-bond donors (Lipinski definition) is 2. The lowest BCUT2D eigenvalue weighted by Gasteiger charge is -1.97. The van der Waals surface area contributed by atoms with Crippen molar-refractivity contribution >= 4 is 34.6 Å². The highest BCUT2D eigenvalue weighted by atomic mass is 32.2. The number of hydrogen-bond acceptors (Lipinski definition) is 4. The van der Waals surface area contributed by atoms with Gasteiger partial charge in [0.2, 0.25) is 0 Å². The van der Waals surface area contributed by atoms with Crippen molar-refractivity contribution in [2.24, 2.45) is 4.99 Å². The summed E-state index contributed by atoms with van der Waals surface area (Å²) in [6, 6.07) is 14.5. The number of amidine groups is 1. The highest BCUT2D eigenvalue weighted by molar-refractivity contribution is 8.18. The van der Waals surface area contributed by atoms with Gasteiger partial charge in [-0.05, 0) is 42.5 Å². The third kappa shape index (κ3) is 3.38. The fourth-order valence-corrected chi connectivity index (χ4v) is 2.82. The molecule has 0 bridgehead atoms. The molecule has 1 heterocycles. The van der Waals surface area contributed by atoms with Gasteiger partial charge in [-0.25, -0.2) is 4.99 Å². The Labute approximate surface area is 132 Å². The van der Waals surface area contributed by atoms with E-state index in [4.69, 9.17) is 0 Å². The van der Waals surface area contributed by atoms with Gasteiger partial charge in [0.15, 0.2) is 5.17 Å². The number of nitrogens with zero attached hydrogens (tertiary/aromatic N) is 1. The molecule has 0 spiro atoms. The number of carbonyl (C=O) groups excluding carboxylic acids is 1. The van der Waals surface area contributed by atoms with Crippen molar-refractivity contribution in [1.82, 2.24) is 5.32 Å². The van der Waals surface area contributed by atoms with Crippen LogP contribution in [0.25, 0.3) is 6.08 Å². The molecule has 0 saturated carbocycles. The number of phenols is 1. The molecule has 5 heteroatoms. The normalized spacial score (nSPS) is 18.0. The van der Waals surface area contributed by atoms with E-state index in [1.54, 1.807) is 24.3 Å². The summed E-state index contributed by atoms with van der Waals surface area (Å²) in [5, 5.41) is 12.7. The van der Waals surface area contributed by atoms with Crippen LogP contribution in [0, 0.1) is 6.92 Å². The summed E-state index contributed by atoms with van der Waals surface area (Å²) in [7, 11) is 0. The summed E-state index contributed by atoms with van der Waals surface area (Å²) in [5.74, 6) is -0.0175. The molecule has 0 radical (unpaired) electrons. The number of carbonyl (C=O) groups is 1. The molecule has 1 aliphatic heterocycles. The van der Waals surface area contributed by atoms with Gasteiger partial charge >= 0.3 is 0 Å². The van der Waals surface area contributed by atoms with Crippen molar-refractivity contribution in [2.75, 3.05) is 0 Å². The quantitative estimate of drug-likeness (QED) is 0.833. The van der Waals surface area contributed by atoms with Crippen molar-refractivity contribution in [3.05, 3.63) is 64.6 Å². The third-order valence-electron chi connectivity index (χ3n) is 3.09. The number of amides is 1. The average molecular weight is 310 g/mol. The average Bonchev–Trinajstić information content (AvgIpc) is 2.81. The SMILES string of the molecule is Cc1ccc(C=C2SC(=Nc3cccc(O)c3)NC2=O)cc1. The number of nitrogens with one attached hydrogen (secondary N) is 1. The molecule has 1 fully saturated rings. The van der Waals surface area contributed by atoms with Crippen LogP contribution in [-0.4, -0.2) is 16.2 Å². The van der Waals surface area contributed by atoms with Crippen LogP contribution >= 0.6 is 11.8 Å². The van der Waals surface area contributed by atoms with Crippen LogP contribution in [-0.2, 0) is 4.79 Å². The minimum atomic E-state index is -0.163. The zero-order valence-electron chi connectivity index (χ0n) is 11.9. The van der Waals surface area contributed by atoms with E-state index in [2.05, 4.69) is 10.3 Å². The summed E-state index contributed by atoms with van der Waals surface area (Å²) in [5.41, 5.74) is 2.75. The number of aliphatic imine (C=N–C) groups is 1. The first-order valence-corrected chi connectivity index (χ1v) is 7.57. The van der Waals surface area contributed by atoms with Crippen LogP contribution in [0.15, 0.2) is 58.4 Å². The molecule has 1 saturated heterocycles. The van der Waals surface area contributed by atoms with Gasteiger partial charge < -0.3 is 10.4 Å². The van der Waals surface area contributed by atoms with Crippen LogP contribution in [0.4, 0.5) is 5.69 Å². The monoisotopic (exact) mass is 310 g/mol. The summed E-state index contributed by atoms with van der Waals surface area (Å²) in [4.78, 5) is 16.9. The molecule has 3 rings (SSSR count). The Bertz CT molecular complexity index is 780. The van der Waals surface area contributed by atoms with Crippen LogP contribution in [0.5, 0.6) is 5.75 Å². The molecule has 1 amide bonds. The van der Waals surface area contributed by atoms with Crippen molar-refractivity contribution in [3.8, 4) is 5.75 Å². The van der Waals surface area contributed by atoms with Gasteiger partial charge in [-0.1, -0.05) is 35.9 Å². The lowest BCUT2D eigenvalue weighted by Crippen LogP contribution is -2.19. The molecule has 2 aromatic carbocycles. The second-order valence-electron chi connectivity index (χ2n) is 4.91. The van der Waals surface area contributed by atoms with Gasteiger partial charge in [0.25, 0.3) is 5.91 Å². The topological polar surface area (TPSA) is 61.7 Å². The number of thioether (sulfide) groups is 1. The Morgan fingerprint density at radius 3 is 2.68 bits per heavy atom. The second kappa shape index (κ2) is 6.07. The largest absolute Gasteiger partial charge is 0.508 e. The summed E-state index contributed by atoms with van der Waals surface area (Å²) in [6.45, 7) is 2.02. The molecular weight excluding hydrogens is 296 g/mol. The Kier molecular flexibility index (Phi) is 3.98. The molecule has 1 aliphatic rings. The lowest BCUT2D eigenvalue weighted by atomic mass is 10.1. The number of rotatable bonds is 2. The van der Waals surface area contributed by atoms with Gasteiger partial charge in [0, 0.05) is 6.07 Å². The van der Waals surface area contributed by atoms with Gasteiger partial charge in [0.05, 0.1) is 10.6 Å². The predicted octanol–water partition coefficient (Wildman–Crippen LogP) is 3.59. The van der Waals surface area contributed by atoms with Crippen molar-refractivity contribution < 1.29 is 9.90 Å². The smallest absolute Gasteiger partial charge is 0.264 e. The fourth-order valence-electron chi connectivity index (χ4n) is 1.97. The minimum absolute atomic E-state index is 0.145. The molecule has 0 aliphatic carbocycles. The minimum Gasteiger partial charge on any atom is -0.508 e. The first-order valence-electron chi connectivity index (χ1n) is 6.75. The van der Waals surface area contributed by atoms with E-state index >= 15 is 0 Å². The molecule has 0 atom stereocenters. The van der Waals surface area contributed by atoms with E-state index < -0.39 is 0 Å². The van der Waals surface area contributed by atoms with Crippen LogP contribution in [0.2, 0.25) is 0 Å². The first kappa shape index (κ1) is 14.4. The predicted molar refractivity (Wildman–Crippen MR) is 90.1 cm³/mol. The van der Waals surface area contributed by atoms with E-state index in [1.165, 1.54) is 17.3 Å². The van der Waals surface area contributed by atoms with Crippen molar-refractivity contribution in [1.29, 1.82) is 0 Å². The molecule has 0 unspecified atom stereocenters. The number of phenolic OH excluding ortho intramolecular Hbond substituents is 1. The maximum absolute atomic E-state index is 12.0. The Balaban J connectivity index is 1.82. The van der Waals surface area contributed by atoms with Gasteiger partial charge in [-0.3, -0.25) is 4.79 Å². The maximum Gasteiger partial charge on any atom is 0.264 e. The summed E-state index contributed by atoms with van der Waals surface area (Å²) < 4.78 is 0. The Morgan fingerprint density at radius 2 is 1.95 bits per heavy atom. The van der Waals surface area contributed by atoms with Gasteiger partial charge in [0.1, 0.15) is 5.75 Å². The first-order chi connectivity index (χ1) is 10.6. The molecule has 110 valence electrons. The standard InChI is InChI=1S/C17H14N2O2S/c1-11-5-7-12(8-6-11)9-15-16(21)19-17(22-15)18-13-3-2-4-14(20)10-13/h2-10,20H,1H3,(H,18,19,21). The van der Waals surface area contributed by atoms with Gasteiger partial charge in [-0.15, -0.1) is 0 Å². The van der Waals surface area contributed by atoms with E-state index in [0.29, 0.717) is 15.8 Å². The number of aromatic hydroxyl groups is 1. The summed E-state index contributed by atoms with van der Waals surface area (Å²) in [6.07, 6.45) is 1.84. The van der Waals surface area contributed by atoms with Gasteiger partial charge in [-0.2, -0.15) is 0 Å². The van der Waals surface area contributed by atoms with Crippen molar-refractivity contribution in [3.63, 3.8) is 0 Å². The molecule has 2 aromatic rings. The highest BCUT2D eigenvalue weighted by Crippen LogP contribution is 2.28. The molecule has 22 heavy (non-hydrogen) atoms. The Morgan fingerprint density at radius 1 is 1.18 bits per heavy atom. The van der Waals surface area contributed by atoms with E-state index in [9.17, 15) is 9.90 Å². The van der Waals surface area contributed by atoms with E-state index in [1.807, 2.05) is 37.3 Å². The molecular formula is C17H14N2O2S. The number of benzene rings is 2. The highest BCUT2D eigenvalue weighted by Gasteiger charge is 2.23. The lowest BCUT2D eigenvalue weighted by molar-refractivity contribution is -0.115. The fraction of sp³-hybridized carbons (Fsp3) is 0.0588. The summed E-state index contributed by atoms with van der Waals surface area (Å²) >= 11 is 1.29. The van der Waals surface area contributed by atoms with E-state index in [0.717, 1.165) is 5.56 Å². The zero-order chi connectivity index (χ0) is 15.5. The van der Waals surface area contributed by atoms with Crippen LogP contribution in [0.3, 0.4) is 0 Å².